The van der Waals surface area contributed by atoms with Crippen molar-refractivity contribution in [3.63, 3.8) is 0 Å². The molecule has 0 aromatic carbocycles. The zero-order valence-corrected chi connectivity index (χ0v) is 11.2. The van der Waals surface area contributed by atoms with Gasteiger partial charge in [0.2, 0.25) is 0 Å². The van der Waals surface area contributed by atoms with Crippen LogP contribution in [0.1, 0.15) is 18.2 Å². The maximum absolute atomic E-state index is 13.3. The zero-order chi connectivity index (χ0) is 13.7. The van der Waals surface area contributed by atoms with E-state index in [2.05, 4.69) is 10.3 Å². The molecule has 1 N–H and O–H groups in total. The molecule has 0 amide bonds. The third-order valence-electron chi connectivity index (χ3n) is 2.81. The lowest BCUT2D eigenvalue weighted by molar-refractivity contribution is 0.506. The molecule has 0 spiro atoms. The number of aromatic nitrogens is 1. The SMILES string of the molecule is CCNCc1cc(F)cnc1N(C)Cc1ccco1. The monoisotopic (exact) mass is 263 g/mol. The van der Waals surface area contributed by atoms with Gasteiger partial charge in [0.05, 0.1) is 19.0 Å². The van der Waals surface area contributed by atoms with Crippen LogP contribution in [-0.4, -0.2) is 18.6 Å². The summed E-state index contributed by atoms with van der Waals surface area (Å²) in [7, 11) is 1.91. The summed E-state index contributed by atoms with van der Waals surface area (Å²) >= 11 is 0. The van der Waals surface area contributed by atoms with Crippen molar-refractivity contribution in [1.82, 2.24) is 10.3 Å². The highest BCUT2D eigenvalue weighted by Gasteiger charge is 2.11. The van der Waals surface area contributed by atoms with Crippen LogP contribution in [0.25, 0.3) is 0 Å². The Morgan fingerprint density at radius 2 is 2.32 bits per heavy atom. The number of anilines is 1. The second-order valence-corrected chi connectivity index (χ2v) is 4.35. The van der Waals surface area contributed by atoms with E-state index < -0.39 is 0 Å². The summed E-state index contributed by atoms with van der Waals surface area (Å²) in [5.41, 5.74) is 0.843. The highest BCUT2D eigenvalue weighted by molar-refractivity contribution is 5.46. The molecule has 0 aliphatic heterocycles. The van der Waals surface area contributed by atoms with E-state index >= 15 is 0 Å². The maximum Gasteiger partial charge on any atom is 0.141 e. The Bertz CT molecular complexity index is 513. The fourth-order valence-corrected chi connectivity index (χ4v) is 1.92. The Labute approximate surface area is 112 Å². The minimum absolute atomic E-state index is 0.317. The highest BCUT2D eigenvalue weighted by Crippen LogP contribution is 2.19. The van der Waals surface area contributed by atoms with Crippen LogP contribution in [0.15, 0.2) is 35.1 Å². The number of nitrogens with one attached hydrogen (secondary N) is 1. The first-order valence-corrected chi connectivity index (χ1v) is 6.29. The van der Waals surface area contributed by atoms with Gasteiger partial charge in [-0.2, -0.15) is 0 Å². The molecule has 2 heterocycles. The molecule has 0 bridgehead atoms. The molecule has 2 aromatic heterocycles. The zero-order valence-electron chi connectivity index (χ0n) is 11.2. The molecule has 0 atom stereocenters. The van der Waals surface area contributed by atoms with Gasteiger partial charge in [0, 0.05) is 19.2 Å². The molecule has 0 saturated carbocycles. The summed E-state index contributed by atoms with van der Waals surface area (Å²) in [5.74, 6) is 1.30. The van der Waals surface area contributed by atoms with E-state index in [-0.39, 0.29) is 5.82 Å². The largest absolute Gasteiger partial charge is 0.467 e. The number of pyridine rings is 1. The van der Waals surface area contributed by atoms with Crippen LogP contribution < -0.4 is 10.2 Å². The fourth-order valence-electron chi connectivity index (χ4n) is 1.92. The Morgan fingerprint density at radius 1 is 1.47 bits per heavy atom. The second kappa shape index (κ2) is 6.33. The van der Waals surface area contributed by atoms with Crippen LogP contribution in [0.2, 0.25) is 0 Å². The first-order valence-electron chi connectivity index (χ1n) is 6.29. The fraction of sp³-hybridized carbons (Fsp3) is 0.357. The van der Waals surface area contributed by atoms with Gasteiger partial charge in [0.1, 0.15) is 17.4 Å². The van der Waals surface area contributed by atoms with Crippen LogP contribution in [0.3, 0.4) is 0 Å². The van der Waals surface area contributed by atoms with Gasteiger partial charge < -0.3 is 14.6 Å². The maximum atomic E-state index is 13.3. The molecular weight excluding hydrogens is 245 g/mol. The molecule has 0 radical (unpaired) electrons. The molecule has 2 aromatic rings. The van der Waals surface area contributed by atoms with Crippen molar-refractivity contribution in [3.8, 4) is 0 Å². The van der Waals surface area contributed by atoms with Gasteiger partial charge in [-0.25, -0.2) is 9.37 Å². The average Bonchev–Trinajstić information content (AvgIpc) is 2.89. The van der Waals surface area contributed by atoms with Crippen LogP contribution in [0.4, 0.5) is 10.2 Å². The molecule has 4 nitrogen and oxygen atoms in total. The molecule has 5 heteroatoms. The average molecular weight is 263 g/mol. The Morgan fingerprint density at radius 3 is 3.00 bits per heavy atom. The van der Waals surface area contributed by atoms with Crippen molar-refractivity contribution in [2.75, 3.05) is 18.5 Å². The lowest BCUT2D eigenvalue weighted by Gasteiger charge is -2.20. The van der Waals surface area contributed by atoms with Crippen LogP contribution in [0.5, 0.6) is 0 Å². The molecule has 2 rings (SSSR count). The van der Waals surface area contributed by atoms with Gasteiger partial charge in [-0.05, 0) is 24.7 Å². The number of hydrogen-bond donors (Lipinski definition) is 1. The minimum atomic E-state index is -0.317. The molecule has 0 saturated heterocycles. The summed E-state index contributed by atoms with van der Waals surface area (Å²) < 4.78 is 18.6. The Hall–Kier alpha value is -1.88. The predicted octanol–water partition coefficient (Wildman–Crippen LogP) is 2.56. The predicted molar refractivity (Wildman–Crippen MR) is 72.4 cm³/mol. The van der Waals surface area contributed by atoms with Crippen LogP contribution in [0, 0.1) is 5.82 Å². The first-order chi connectivity index (χ1) is 9.20. The molecule has 0 fully saturated rings. The minimum Gasteiger partial charge on any atom is -0.467 e. The van der Waals surface area contributed by atoms with Gasteiger partial charge in [0.15, 0.2) is 0 Å². The smallest absolute Gasteiger partial charge is 0.141 e. The highest BCUT2D eigenvalue weighted by atomic mass is 19.1. The van der Waals surface area contributed by atoms with Gasteiger partial charge in [0.25, 0.3) is 0 Å². The summed E-state index contributed by atoms with van der Waals surface area (Å²) in [6.07, 6.45) is 2.88. The number of nitrogens with zero attached hydrogens (tertiary/aromatic N) is 2. The van der Waals surface area contributed by atoms with E-state index in [1.165, 1.54) is 12.3 Å². The molecule has 0 aliphatic carbocycles. The molecular formula is C14H18FN3O. The summed E-state index contributed by atoms with van der Waals surface area (Å²) in [4.78, 5) is 6.13. The second-order valence-electron chi connectivity index (χ2n) is 4.35. The standard InChI is InChI=1S/C14H18FN3O/c1-3-16-8-11-7-12(15)9-17-14(11)18(2)10-13-5-4-6-19-13/h4-7,9,16H,3,8,10H2,1-2H3. The van der Waals surface area contributed by atoms with Gasteiger partial charge in [-0.3, -0.25) is 0 Å². The number of halogens is 1. The number of rotatable bonds is 6. The third kappa shape index (κ3) is 3.54. The van der Waals surface area contributed by atoms with Gasteiger partial charge in [-0.15, -0.1) is 0 Å². The van der Waals surface area contributed by atoms with Crippen molar-refractivity contribution in [2.24, 2.45) is 0 Å². The third-order valence-corrected chi connectivity index (χ3v) is 2.81. The number of furan rings is 1. The molecule has 0 unspecified atom stereocenters. The molecule has 0 aliphatic rings. The quantitative estimate of drug-likeness (QED) is 0.869. The van der Waals surface area contributed by atoms with E-state index in [1.807, 2.05) is 31.0 Å². The molecule has 102 valence electrons. The van der Waals surface area contributed by atoms with E-state index in [0.29, 0.717) is 13.1 Å². The summed E-state index contributed by atoms with van der Waals surface area (Å²) in [5, 5.41) is 3.19. The number of hydrogen-bond acceptors (Lipinski definition) is 4. The van der Waals surface area contributed by atoms with Crippen molar-refractivity contribution in [3.05, 3.63) is 47.8 Å². The Kier molecular flexibility index (Phi) is 4.52. The molecule has 19 heavy (non-hydrogen) atoms. The normalized spacial score (nSPS) is 10.7. The summed E-state index contributed by atoms with van der Waals surface area (Å²) in [6.45, 7) is 4.04. The lowest BCUT2D eigenvalue weighted by atomic mass is 10.2. The van der Waals surface area contributed by atoms with E-state index in [1.54, 1.807) is 6.26 Å². The lowest BCUT2D eigenvalue weighted by Crippen LogP contribution is -2.22. The van der Waals surface area contributed by atoms with E-state index in [0.717, 1.165) is 23.7 Å². The van der Waals surface area contributed by atoms with Crippen molar-refractivity contribution in [1.29, 1.82) is 0 Å². The van der Waals surface area contributed by atoms with Crippen molar-refractivity contribution < 1.29 is 8.81 Å². The van der Waals surface area contributed by atoms with E-state index in [9.17, 15) is 4.39 Å². The van der Waals surface area contributed by atoms with Crippen LogP contribution in [-0.2, 0) is 13.1 Å². The summed E-state index contributed by atoms with van der Waals surface area (Å²) in [6, 6.07) is 5.27. The van der Waals surface area contributed by atoms with E-state index in [4.69, 9.17) is 4.42 Å². The Balaban J connectivity index is 2.17. The topological polar surface area (TPSA) is 41.3 Å². The van der Waals surface area contributed by atoms with Crippen molar-refractivity contribution in [2.45, 2.75) is 20.0 Å². The van der Waals surface area contributed by atoms with Gasteiger partial charge >= 0.3 is 0 Å². The first kappa shape index (κ1) is 13.5. The van der Waals surface area contributed by atoms with Gasteiger partial charge in [-0.1, -0.05) is 6.92 Å². The van der Waals surface area contributed by atoms with Crippen LogP contribution >= 0.6 is 0 Å². The van der Waals surface area contributed by atoms with Crippen molar-refractivity contribution >= 4 is 5.82 Å².